The second-order valence-electron chi connectivity index (χ2n) is 6.32. The maximum Gasteiger partial charge on any atom is 0.223 e. The van der Waals surface area contributed by atoms with E-state index in [1.807, 2.05) is 6.07 Å². The van der Waals surface area contributed by atoms with Gasteiger partial charge < -0.3 is 11.1 Å². The molecule has 0 unspecified atom stereocenters. The average Bonchev–Trinajstić information content (AvgIpc) is 3.28. The summed E-state index contributed by atoms with van der Waals surface area (Å²) in [6.45, 7) is 1.97. The van der Waals surface area contributed by atoms with Gasteiger partial charge in [0.15, 0.2) is 0 Å². The molecule has 0 heterocycles. The number of rotatable bonds is 7. The lowest BCUT2D eigenvalue weighted by molar-refractivity contribution is -0.123. The lowest BCUT2D eigenvalue weighted by Gasteiger charge is -2.13. The SMILES string of the molecule is NC(=O)C1(Cc2cc(CNCC3CC3)ccc2Cl)CC1. The Morgan fingerprint density at radius 1 is 1.40 bits per heavy atom. The minimum atomic E-state index is -0.330. The van der Waals surface area contributed by atoms with Crippen LogP contribution in [-0.4, -0.2) is 12.5 Å². The fraction of sp³-hybridized carbons (Fsp3) is 0.562. The minimum absolute atomic E-state index is 0.189. The molecule has 0 aromatic heterocycles. The quantitative estimate of drug-likeness (QED) is 0.812. The highest BCUT2D eigenvalue weighted by Crippen LogP contribution is 2.48. The van der Waals surface area contributed by atoms with Gasteiger partial charge in [-0.15, -0.1) is 0 Å². The Hall–Kier alpha value is -1.06. The second-order valence-corrected chi connectivity index (χ2v) is 6.73. The first kappa shape index (κ1) is 13.9. The molecule has 0 bridgehead atoms. The van der Waals surface area contributed by atoms with Crippen molar-refractivity contribution in [1.82, 2.24) is 5.32 Å². The number of nitrogens with two attached hydrogens (primary N) is 1. The van der Waals surface area contributed by atoms with Crippen LogP contribution in [0.25, 0.3) is 0 Å². The molecule has 3 rings (SSSR count). The fourth-order valence-corrected chi connectivity index (χ4v) is 2.83. The van der Waals surface area contributed by atoms with Crippen LogP contribution in [0.15, 0.2) is 18.2 Å². The molecule has 0 saturated heterocycles. The number of benzene rings is 1. The van der Waals surface area contributed by atoms with E-state index >= 15 is 0 Å². The van der Waals surface area contributed by atoms with E-state index in [-0.39, 0.29) is 11.3 Å². The molecule has 1 aromatic carbocycles. The maximum absolute atomic E-state index is 11.5. The normalized spacial score (nSPS) is 19.9. The number of carbonyl (C=O) groups is 1. The van der Waals surface area contributed by atoms with Gasteiger partial charge in [0.1, 0.15) is 0 Å². The van der Waals surface area contributed by atoms with Gasteiger partial charge in [0.2, 0.25) is 5.91 Å². The van der Waals surface area contributed by atoms with Gasteiger partial charge in [0.25, 0.3) is 0 Å². The average molecular weight is 293 g/mol. The van der Waals surface area contributed by atoms with Gasteiger partial charge in [-0.2, -0.15) is 0 Å². The van der Waals surface area contributed by atoms with E-state index in [4.69, 9.17) is 17.3 Å². The first-order valence-electron chi connectivity index (χ1n) is 7.37. The molecule has 0 aliphatic heterocycles. The molecule has 4 heteroatoms. The van der Waals surface area contributed by atoms with Gasteiger partial charge in [-0.3, -0.25) is 4.79 Å². The monoisotopic (exact) mass is 292 g/mol. The highest BCUT2D eigenvalue weighted by atomic mass is 35.5. The van der Waals surface area contributed by atoms with Crippen LogP contribution in [0, 0.1) is 11.3 Å². The molecule has 2 saturated carbocycles. The van der Waals surface area contributed by atoms with E-state index in [9.17, 15) is 4.79 Å². The number of amides is 1. The molecule has 1 amide bonds. The fourth-order valence-electron chi connectivity index (χ4n) is 2.64. The summed E-state index contributed by atoms with van der Waals surface area (Å²) in [6, 6.07) is 6.10. The van der Waals surface area contributed by atoms with Gasteiger partial charge in [-0.25, -0.2) is 0 Å². The molecule has 2 aliphatic rings. The van der Waals surface area contributed by atoms with Crippen LogP contribution in [0.1, 0.15) is 36.8 Å². The van der Waals surface area contributed by atoms with Crippen LogP contribution in [0.5, 0.6) is 0 Å². The van der Waals surface area contributed by atoms with Crippen molar-refractivity contribution >= 4 is 17.5 Å². The van der Waals surface area contributed by atoms with Gasteiger partial charge >= 0.3 is 0 Å². The summed E-state index contributed by atoms with van der Waals surface area (Å²) in [6.07, 6.45) is 5.18. The van der Waals surface area contributed by atoms with Crippen molar-refractivity contribution in [3.05, 3.63) is 34.3 Å². The molecule has 1 aromatic rings. The standard InChI is InChI=1S/C16H21ClN2O/c17-14-4-3-12(10-19-9-11-1-2-11)7-13(14)8-16(5-6-16)15(18)20/h3-4,7,11,19H,1-2,5-6,8-10H2,(H2,18,20). The predicted molar refractivity (Wildman–Crippen MR) is 80.4 cm³/mol. The molecule has 3 nitrogen and oxygen atoms in total. The van der Waals surface area contributed by atoms with E-state index in [1.54, 1.807) is 0 Å². The van der Waals surface area contributed by atoms with E-state index < -0.39 is 0 Å². The lowest BCUT2D eigenvalue weighted by atomic mass is 9.94. The molecular formula is C16H21ClN2O. The van der Waals surface area contributed by atoms with Crippen molar-refractivity contribution in [1.29, 1.82) is 0 Å². The Labute approximate surface area is 124 Å². The first-order valence-corrected chi connectivity index (χ1v) is 7.75. The highest BCUT2D eigenvalue weighted by Gasteiger charge is 2.48. The smallest absolute Gasteiger partial charge is 0.223 e. The lowest BCUT2D eigenvalue weighted by Crippen LogP contribution is -2.26. The Kier molecular flexibility index (Phi) is 3.74. The van der Waals surface area contributed by atoms with Crippen molar-refractivity contribution in [3.8, 4) is 0 Å². The maximum atomic E-state index is 11.5. The van der Waals surface area contributed by atoms with Crippen molar-refractivity contribution in [2.75, 3.05) is 6.54 Å². The third-order valence-corrected chi connectivity index (χ3v) is 4.84. The Balaban J connectivity index is 1.64. The molecule has 0 atom stereocenters. The summed E-state index contributed by atoms with van der Waals surface area (Å²) < 4.78 is 0. The number of nitrogens with one attached hydrogen (secondary N) is 1. The zero-order chi connectivity index (χ0) is 14.2. The number of hydrogen-bond acceptors (Lipinski definition) is 2. The van der Waals surface area contributed by atoms with Crippen LogP contribution < -0.4 is 11.1 Å². The van der Waals surface area contributed by atoms with E-state index in [0.29, 0.717) is 6.42 Å². The van der Waals surface area contributed by atoms with Gasteiger partial charge in [0.05, 0.1) is 5.41 Å². The van der Waals surface area contributed by atoms with Crippen molar-refractivity contribution in [3.63, 3.8) is 0 Å². The molecule has 0 spiro atoms. The zero-order valence-corrected chi connectivity index (χ0v) is 12.4. The summed E-state index contributed by atoms with van der Waals surface area (Å²) in [7, 11) is 0. The molecule has 108 valence electrons. The second kappa shape index (κ2) is 5.38. The Morgan fingerprint density at radius 3 is 2.75 bits per heavy atom. The largest absolute Gasteiger partial charge is 0.369 e. The van der Waals surface area contributed by atoms with Crippen molar-refractivity contribution < 1.29 is 4.79 Å². The van der Waals surface area contributed by atoms with Gasteiger partial charge in [0, 0.05) is 11.6 Å². The summed E-state index contributed by atoms with van der Waals surface area (Å²) in [5.41, 5.74) is 7.44. The summed E-state index contributed by atoms with van der Waals surface area (Å²) in [4.78, 5) is 11.5. The summed E-state index contributed by atoms with van der Waals surface area (Å²) in [5.74, 6) is 0.692. The van der Waals surface area contributed by atoms with Gasteiger partial charge in [-0.1, -0.05) is 23.7 Å². The van der Waals surface area contributed by atoms with E-state index in [1.165, 1.54) is 18.4 Å². The Morgan fingerprint density at radius 2 is 2.15 bits per heavy atom. The number of carbonyl (C=O) groups excluding carboxylic acids is 1. The Bertz CT molecular complexity index is 521. The number of halogens is 1. The molecule has 0 radical (unpaired) electrons. The molecule has 2 fully saturated rings. The molecule has 20 heavy (non-hydrogen) atoms. The third kappa shape index (κ3) is 3.15. The van der Waals surface area contributed by atoms with Crippen molar-refractivity contribution in [2.45, 2.75) is 38.6 Å². The van der Waals surface area contributed by atoms with Crippen molar-refractivity contribution in [2.24, 2.45) is 17.1 Å². The molecule has 2 aliphatic carbocycles. The number of primary amides is 1. The predicted octanol–water partition coefficient (Wildman–Crippen LogP) is 2.65. The van der Waals surface area contributed by atoms with E-state index in [0.717, 1.165) is 42.4 Å². The van der Waals surface area contributed by atoms with Gasteiger partial charge in [-0.05, 0) is 61.8 Å². The highest BCUT2D eigenvalue weighted by molar-refractivity contribution is 6.31. The summed E-state index contributed by atoms with van der Waals surface area (Å²) in [5, 5.41) is 4.22. The van der Waals surface area contributed by atoms with Crippen LogP contribution in [0.4, 0.5) is 0 Å². The molecular weight excluding hydrogens is 272 g/mol. The molecule has 3 N–H and O–H groups in total. The third-order valence-electron chi connectivity index (χ3n) is 4.47. The zero-order valence-electron chi connectivity index (χ0n) is 11.6. The first-order chi connectivity index (χ1) is 9.59. The van der Waals surface area contributed by atoms with Crippen LogP contribution in [0.3, 0.4) is 0 Å². The summed E-state index contributed by atoms with van der Waals surface area (Å²) >= 11 is 6.26. The number of hydrogen-bond donors (Lipinski definition) is 2. The topological polar surface area (TPSA) is 55.1 Å². The minimum Gasteiger partial charge on any atom is -0.369 e. The van der Waals surface area contributed by atoms with E-state index in [2.05, 4.69) is 17.4 Å². The van der Waals surface area contributed by atoms with Crippen LogP contribution >= 0.6 is 11.6 Å². The van der Waals surface area contributed by atoms with Crippen LogP contribution in [-0.2, 0) is 17.8 Å². The van der Waals surface area contributed by atoms with Crippen LogP contribution in [0.2, 0.25) is 5.02 Å².